The van der Waals surface area contributed by atoms with Gasteiger partial charge in [0.15, 0.2) is 0 Å². The molecule has 0 radical (unpaired) electrons. The first-order valence-electron chi connectivity index (χ1n) is 10.0. The van der Waals surface area contributed by atoms with E-state index in [-0.39, 0.29) is 24.3 Å². The third-order valence-corrected chi connectivity index (χ3v) is 4.79. The molecule has 1 aromatic heterocycles. The minimum Gasteiger partial charge on any atom is -0.392 e. The van der Waals surface area contributed by atoms with E-state index in [4.69, 9.17) is 4.98 Å². The molecule has 0 saturated carbocycles. The molecule has 2 rings (SSSR count). The van der Waals surface area contributed by atoms with E-state index in [0.717, 1.165) is 52.9 Å². The van der Waals surface area contributed by atoms with Crippen molar-refractivity contribution in [2.24, 2.45) is 0 Å². The monoisotopic (exact) mass is 369 g/mol. The van der Waals surface area contributed by atoms with Crippen molar-refractivity contribution in [2.75, 3.05) is 0 Å². The topological polar surface area (TPSA) is 33.1 Å². The second-order valence-corrected chi connectivity index (χ2v) is 7.67. The molecule has 0 atom stereocenters. The molecule has 2 aromatic rings. The standard InChI is InChI=1S/C24H32FNO/c1-6-7-8-9-10-20-22(18-11-13-19(25)14-12-18)21(15-27)24(17(4)5)26-23(20)16(2)3/h9-14,16-17,27H,6-8,15H2,1-5H3/b10-9+. The number of unbranched alkanes of at least 4 members (excludes halogenated alkanes) is 2. The summed E-state index contributed by atoms with van der Waals surface area (Å²) in [7, 11) is 0. The number of aliphatic hydroxyl groups excluding tert-OH is 1. The van der Waals surface area contributed by atoms with Crippen LogP contribution in [0.3, 0.4) is 0 Å². The van der Waals surface area contributed by atoms with E-state index in [9.17, 15) is 9.50 Å². The van der Waals surface area contributed by atoms with Crippen molar-refractivity contribution in [3.05, 3.63) is 58.7 Å². The second-order valence-electron chi connectivity index (χ2n) is 7.67. The summed E-state index contributed by atoms with van der Waals surface area (Å²) in [6, 6.07) is 6.54. The number of allylic oxidation sites excluding steroid dienone is 1. The SMILES string of the molecule is CCCC/C=C/c1c(C(C)C)nc(C(C)C)c(CO)c1-c1ccc(F)cc1. The van der Waals surface area contributed by atoms with Crippen molar-refractivity contribution in [3.63, 3.8) is 0 Å². The Morgan fingerprint density at radius 1 is 1.04 bits per heavy atom. The van der Waals surface area contributed by atoms with Crippen LogP contribution in [-0.4, -0.2) is 10.1 Å². The summed E-state index contributed by atoms with van der Waals surface area (Å²) in [5.41, 5.74) is 5.74. The molecule has 0 aliphatic heterocycles. The van der Waals surface area contributed by atoms with Crippen LogP contribution in [0.15, 0.2) is 30.3 Å². The lowest BCUT2D eigenvalue weighted by Crippen LogP contribution is -2.10. The predicted molar refractivity (Wildman–Crippen MR) is 112 cm³/mol. The Morgan fingerprint density at radius 2 is 1.67 bits per heavy atom. The molecular weight excluding hydrogens is 337 g/mol. The molecule has 0 fully saturated rings. The van der Waals surface area contributed by atoms with E-state index < -0.39 is 0 Å². The summed E-state index contributed by atoms with van der Waals surface area (Å²) in [5, 5.41) is 10.2. The molecule has 146 valence electrons. The molecule has 27 heavy (non-hydrogen) atoms. The molecule has 2 nitrogen and oxygen atoms in total. The van der Waals surface area contributed by atoms with Gasteiger partial charge in [-0.3, -0.25) is 4.98 Å². The van der Waals surface area contributed by atoms with Crippen molar-refractivity contribution in [1.29, 1.82) is 0 Å². The Balaban J connectivity index is 2.80. The van der Waals surface area contributed by atoms with Crippen LogP contribution in [0.2, 0.25) is 0 Å². The van der Waals surface area contributed by atoms with E-state index in [0.29, 0.717) is 0 Å². The highest BCUT2D eigenvalue weighted by Gasteiger charge is 2.22. The minimum atomic E-state index is -0.258. The normalized spacial score (nSPS) is 11.9. The van der Waals surface area contributed by atoms with Crippen LogP contribution in [0.1, 0.15) is 88.2 Å². The first kappa shape index (κ1) is 21.3. The largest absolute Gasteiger partial charge is 0.392 e. The van der Waals surface area contributed by atoms with Crippen LogP contribution in [0, 0.1) is 5.82 Å². The third-order valence-electron chi connectivity index (χ3n) is 4.79. The maximum Gasteiger partial charge on any atom is 0.123 e. The number of hydrogen-bond donors (Lipinski definition) is 1. The Hall–Kier alpha value is -2.00. The first-order valence-corrected chi connectivity index (χ1v) is 10.0. The Kier molecular flexibility index (Phi) is 7.73. The number of benzene rings is 1. The van der Waals surface area contributed by atoms with Crippen LogP contribution in [0.4, 0.5) is 4.39 Å². The third kappa shape index (κ3) is 5.04. The zero-order valence-corrected chi connectivity index (χ0v) is 17.2. The van der Waals surface area contributed by atoms with Gasteiger partial charge in [0.25, 0.3) is 0 Å². The number of pyridine rings is 1. The van der Waals surface area contributed by atoms with Crippen molar-refractivity contribution >= 4 is 6.08 Å². The molecule has 1 aromatic carbocycles. The first-order chi connectivity index (χ1) is 12.9. The fourth-order valence-electron chi connectivity index (χ4n) is 3.39. The quantitative estimate of drug-likeness (QED) is 0.517. The zero-order valence-electron chi connectivity index (χ0n) is 17.2. The number of halogens is 1. The van der Waals surface area contributed by atoms with Crippen LogP contribution in [-0.2, 0) is 6.61 Å². The number of hydrogen-bond acceptors (Lipinski definition) is 2. The van der Waals surface area contributed by atoms with Crippen LogP contribution < -0.4 is 0 Å². The molecule has 0 spiro atoms. The highest BCUT2D eigenvalue weighted by Crippen LogP contribution is 2.37. The molecule has 0 saturated heterocycles. The van der Waals surface area contributed by atoms with E-state index >= 15 is 0 Å². The van der Waals surface area contributed by atoms with Gasteiger partial charge < -0.3 is 5.11 Å². The van der Waals surface area contributed by atoms with Crippen molar-refractivity contribution in [3.8, 4) is 11.1 Å². The van der Waals surface area contributed by atoms with Crippen LogP contribution in [0.5, 0.6) is 0 Å². The lowest BCUT2D eigenvalue weighted by Gasteiger charge is -2.22. The molecule has 0 aliphatic carbocycles. The van der Waals surface area contributed by atoms with Gasteiger partial charge in [0.05, 0.1) is 12.3 Å². The predicted octanol–water partition coefficient (Wildman–Crippen LogP) is 6.83. The summed E-state index contributed by atoms with van der Waals surface area (Å²) in [4.78, 5) is 4.96. The maximum atomic E-state index is 13.5. The molecule has 0 bridgehead atoms. The average molecular weight is 370 g/mol. The lowest BCUT2D eigenvalue weighted by atomic mass is 9.87. The number of nitrogens with zero attached hydrogens (tertiary/aromatic N) is 1. The van der Waals surface area contributed by atoms with E-state index in [2.05, 4.69) is 46.8 Å². The fourth-order valence-corrected chi connectivity index (χ4v) is 3.39. The molecule has 1 heterocycles. The van der Waals surface area contributed by atoms with Gasteiger partial charge >= 0.3 is 0 Å². The summed E-state index contributed by atoms with van der Waals surface area (Å²) >= 11 is 0. The second kappa shape index (κ2) is 9.80. The number of aromatic nitrogens is 1. The van der Waals surface area contributed by atoms with Gasteiger partial charge in [-0.05, 0) is 41.5 Å². The number of aliphatic hydroxyl groups is 1. The minimum absolute atomic E-state index is 0.0819. The summed E-state index contributed by atoms with van der Waals surface area (Å²) in [6.07, 6.45) is 7.63. The van der Waals surface area contributed by atoms with Gasteiger partial charge in [-0.15, -0.1) is 0 Å². The molecule has 1 N–H and O–H groups in total. The van der Waals surface area contributed by atoms with Crippen LogP contribution >= 0.6 is 0 Å². The van der Waals surface area contributed by atoms with Gasteiger partial charge in [0.1, 0.15) is 5.82 Å². The van der Waals surface area contributed by atoms with Gasteiger partial charge in [-0.25, -0.2) is 4.39 Å². The summed E-state index contributed by atoms with van der Waals surface area (Å²) < 4.78 is 13.5. The van der Waals surface area contributed by atoms with Crippen molar-refractivity contribution < 1.29 is 9.50 Å². The van der Waals surface area contributed by atoms with E-state index in [1.807, 2.05) is 0 Å². The van der Waals surface area contributed by atoms with Gasteiger partial charge in [-0.1, -0.05) is 71.7 Å². The lowest BCUT2D eigenvalue weighted by molar-refractivity contribution is 0.280. The summed E-state index contributed by atoms with van der Waals surface area (Å²) in [5.74, 6) is 0.189. The fraction of sp³-hybridized carbons (Fsp3) is 0.458. The van der Waals surface area contributed by atoms with E-state index in [1.165, 1.54) is 12.1 Å². The zero-order chi connectivity index (χ0) is 20.0. The molecule has 0 amide bonds. The summed E-state index contributed by atoms with van der Waals surface area (Å²) in [6.45, 7) is 10.6. The molecule has 3 heteroatoms. The maximum absolute atomic E-state index is 13.5. The Labute approximate surface area is 163 Å². The highest BCUT2D eigenvalue weighted by atomic mass is 19.1. The molecule has 0 unspecified atom stereocenters. The number of rotatable bonds is 8. The van der Waals surface area contributed by atoms with Gasteiger partial charge in [0.2, 0.25) is 0 Å². The highest BCUT2D eigenvalue weighted by molar-refractivity contribution is 5.80. The van der Waals surface area contributed by atoms with Gasteiger partial charge in [-0.2, -0.15) is 0 Å². The van der Waals surface area contributed by atoms with Crippen LogP contribution in [0.25, 0.3) is 17.2 Å². The Bertz CT molecular complexity index is 776. The average Bonchev–Trinajstić information content (AvgIpc) is 2.64. The van der Waals surface area contributed by atoms with Gasteiger partial charge in [0, 0.05) is 16.8 Å². The molecule has 0 aliphatic rings. The smallest absolute Gasteiger partial charge is 0.123 e. The van der Waals surface area contributed by atoms with Crippen molar-refractivity contribution in [2.45, 2.75) is 72.3 Å². The van der Waals surface area contributed by atoms with E-state index in [1.54, 1.807) is 12.1 Å². The molecular formula is C24H32FNO. The Morgan fingerprint density at radius 3 is 2.19 bits per heavy atom. The van der Waals surface area contributed by atoms with Crippen molar-refractivity contribution in [1.82, 2.24) is 4.98 Å².